The first-order valence-corrected chi connectivity index (χ1v) is 10.6. The van der Waals surface area contributed by atoms with Crippen molar-refractivity contribution in [2.24, 2.45) is 4.99 Å². The summed E-state index contributed by atoms with van der Waals surface area (Å²) in [4.78, 5) is 30.2. The predicted octanol–water partition coefficient (Wildman–Crippen LogP) is 1.65. The van der Waals surface area contributed by atoms with Crippen molar-refractivity contribution in [3.05, 3.63) is 60.0 Å². The molecule has 1 aromatic carbocycles. The highest BCUT2D eigenvalue weighted by molar-refractivity contribution is 7.90. The van der Waals surface area contributed by atoms with Crippen molar-refractivity contribution < 1.29 is 27.5 Å². The molecule has 0 saturated heterocycles. The Kier molecular flexibility index (Phi) is 6.36. The van der Waals surface area contributed by atoms with E-state index in [0.717, 1.165) is 6.42 Å². The number of nitrogens with zero attached hydrogens (tertiary/aromatic N) is 2. The number of esters is 2. The molecular weight excluding hydrogens is 410 g/mol. The monoisotopic (exact) mass is 431 g/mol. The Morgan fingerprint density at radius 1 is 1.13 bits per heavy atom. The van der Waals surface area contributed by atoms with Crippen LogP contribution in [0.2, 0.25) is 0 Å². The number of carbonyl (C=O) groups is 2. The standard InChI is InChI=1S/C20H21N3O6S/c1-28-19(24)16-9-3-4-12-23(18(16)20(25)29-2)14-7-5-8-15(13-14)30(26,27)22-17-10-6-11-21-17/h3-5,7-9,12-13H,6,10-11H2,1-2H3,(H,21,22). The molecule has 9 nitrogen and oxygen atoms in total. The lowest BCUT2D eigenvalue weighted by molar-refractivity contribution is -0.139. The van der Waals surface area contributed by atoms with Gasteiger partial charge < -0.3 is 14.4 Å². The van der Waals surface area contributed by atoms with Gasteiger partial charge in [0.15, 0.2) is 0 Å². The Bertz CT molecular complexity index is 1090. The molecule has 2 aliphatic rings. The van der Waals surface area contributed by atoms with Gasteiger partial charge in [-0.3, -0.25) is 9.71 Å². The van der Waals surface area contributed by atoms with Crippen LogP contribution in [0.15, 0.2) is 69.9 Å². The van der Waals surface area contributed by atoms with Crippen molar-refractivity contribution in [1.82, 2.24) is 4.72 Å². The zero-order chi connectivity index (χ0) is 21.7. The Labute approximate surface area is 174 Å². The molecule has 0 aromatic heterocycles. The van der Waals surface area contributed by atoms with Gasteiger partial charge in [-0.15, -0.1) is 0 Å². The van der Waals surface area contributed by atoms with E-state index in [1.54, 1.807) is 24.3 Å². The molecule has 0 fully saturated rings. The number of ether oxygens (including phenoxy) is 2. The largest absolute Gasteiger partial charge is 0.465 e. The number of benzene rings is 1. The molecule has 0 unspecified atom stereocenters. The van der Waals surface area contributed by atoms with E-state index < -0.39 is 22.0 Å². The van der Waals surface area contributed by atoms with E-state index in [-0.39, 0.29) is 16.2 Å². The minimum Gasteiger partial charge on any atom is -0.465 e. The third-order valence-corrected chi connectivity index (χ3v) is 5.80. The number of aliphatic imine (C=N–C) groups is 1. The van der Waals surface area contributed by atoms with Crippen molar-refractivity contribution in [2.75, 3.05) is 25.7 Å². The maximum absolute atomic E-state index is 12.8. The number of carbonyl (C=O) groups excluding carboxylic acids is 2. The lowest BCUT2D eigenvalue weighted by Gasteiger charge is -2.23. The van der Waals surface area contributed by atoms with Crippen LogP contribution in [0.25, 0.3) is 0 Å². The van der Waals surface area contributed by atoms with Crippen molar-refractivity contribution >= 4 is 33.5 Å². The molecule has 30 heavy (non-hydrogen) atoms. The Morgan fingerprint density at radius 3 is 2.57 bits per heavy atom. The van der Waals surface area contributed by atoms with Crippen molar-refractivity contribution in [1.29, 1.82) is 0 Å². The molecule has 1 N–H and O–H groups in total. The Balaban J connectivity index is 2.06. The van der Waals surface area contributed by atoms with Gasteiger partial charge in [0.05, 0.1) is 24.7 Å². The van der Waals surface area contributed by atoms with Crippen LogP contribution >= 0.6 is 0 Å². The fourth-order valence-corrected chi connectivity index (χ4v) is 4.13. The van der Waals surface area contributed by atoms with E-state index in [9.17, 15) is 18.0 Å². The highest BCUT2D eigenvalue weighted by Gasteiger charge is 2.28. The van der Waals surface area contributed by atoms with Crippen molar-refractivity contribution in [2.45, 2.75) is 17.7 Å². The summed E-state index contributed by atoms with van der Waals surface area (Å²) in [5, 5.41) is 0. The van der Waals surface area contributed by atoms with Crippen LogP contribution in [0.4, 0.5) is 5.69 Å². The second kappa shape index (κ2) is 8.95. The van der Waals surface area contributed by atoms with Gasteiger partial charge in [-0.05, 0) is 36.8 Å². The highest BCUT2D eigenvalue weighted by Crippen LogP contribution is 2.28. The molecule has 0 saturated carbocycles. The van der Waals surface area contributed by atoms with Crippen LogP contribution in [0, 0.1) is 0 Å². The predicted molar refractivity (Wildman–Crippen MR) is 110 cm³/mol. The molecule has 0 bridgehead atoms. The summed E-state index contributed by atoms with van der Waals surface area (Å²) in [5.41, 5.74) is 0.214. The van der Waals surface area contributed by atoms with E-state index in [1.807, 2.05) is 0 Å². The number of hydrogen-bond acceptors (Lipinski definition) is 8. The molecule has 0 radical (unpaired) electrons. The van der Waals surface area contributed by atoms with Gasteiger partial charge in [0, 0.05) is 24.9 Å². The maximum atomic E-state index is 12.8. The number of methoxy groups -OCH3 is 2. The molecule has 2 aliphatic heterocycles. The first-order chi connectivity index (χ1) is 14.4. The Hall–Kier alpha value is -3.40. The summed E-state index contributed by atoms with van der Waals surface area (Å²) >= 11 is 0. The molecule has 1 aromatic rings. The van der Waals surface area contributed by atoms with Crippen LogP contribution in [0.1, 0.15) is 12.8 Å². The van der Waals surface area contributed by atoms with Gasteiger partial charge >= 0.3 is 11.9 Å². The number of sulfonamides is 1. The average Bonchev–Trinajstić information content (AvgIpc) is 3.14. The van der Waals surface area contributed by atoms with Crippen LogP contribution in [0.3, 0.4) is 0 Å². The second-order valence-electron chi connectivity index (χ2n) is 6.35. The molecular formula is C20H21N3O6S. The maximum Gasteiger partial charge on any atom is 0.355 e. The van der Waals surface area contributed by atoms with E-state index in [1.165, 1.54) is 43.5 Å². The first kappa shape index (κ1) is 21.3. The highest BCUT2D eigenvalue weighted by atomic mass is 32.2. The molecule has 0 atom stereocenters. The molecule has 0 amide bonds. The topological polar surface area (TPSA) is 114 Å². The van der Waals surface area contributed by atoms with Crippen molar-refractivity contribution in [3.8, 4) is 0 Å². The number of rotatable bonds is 5. The minimum atomic E-state index is -3.86. The minimum absolute atomic E-state index is 0.0101. The van der Waals surface area contributed by atoms with Gasteiger partial charge in [0.25, 0.3) is 10.0 Å². The second-order valence-corrected chi connectivity index (χ2v) is 8.03. The van der Waals surface area contributed by atoms with Gasteiger partial charge in [-0.1, -0.05) is 12.1 Å². The van der Waals surface area contributed by atoms with Gasteiger partial charge in [0.2, 0.25) is 0 Å². The van der Waals surface area contributed by atoms with Crippen molar-refractivity contribution in [3.63, 3.8) is 0 Å². The smallest absolute Gasteiger partial charge is 0.355 e. The van der Waals surface area contributed by atoms with Gasteiger partial charge in [-0.2, -0.15) is 0 Å². The molecule has 10 heteroatoms. The number of nitrogens with one attached hydrogen (secondary N) is 1. The van der Waals surface area contributed by atoms with Crippen LogP contribution in [-0.2, 0) is 29.1 Å². The van der Waals surface area contributed by atoms with Gasteiger partial charge in [-0.25, -0.2) is 18.0 Å². The zero-order valence-electron chi connectivity index (χ0n) is 16.5. The normalized spacial score (nSPS) is 16.2. The van der Waals surface area contributed by atoms with Gasteiger partial charge in [0.1, 0.15) is 11.5 Å². The van der Waals surface area contributed by atoms with E-state index in [4.69, 9.17) is 9.47 Å². The lowest BCUT2D eigenvalue weighted by Crippen LogP contribution is -2.30. The van der Waals surface area contributed by atoms with E-state index in [0.29, 0.717) is 24.5 Å². The van der Waals surface area contributed by atoms with E-state index >= 15 is 0 Å². The summed E-state index contributed by atoms with van der Waals surface area (Å²) in [5.74, 6) is -1.09. The number of hydrogen-bond donors (Lipinski definition) is 1. The quantitative estimate of drug-likeness (QED) is 0.705. The molecule has 0 aliphatic carbocycles. The third kappa shape index (κ3) is 4.43. The summed E-state index contributed by atoms with van der Waals surface area (Å²) in [6.45, 7) is 0.590. The zero-order valence-corrected chi connectivity index (χ0v) is 17.3. The fourth-order valence-electron chi connectivity index (χ4n) is 3.00. The summed E-state index contributed by atoms with van der Waals surface area (Å²) in [6.07, 6.45) is 7.49. The van der Waals surface area contributed by atoms with Crippen LogP contribution in [0.5, 0.6) is 0 Å². The lowest BCUT2D eigenvalue weighted by atomic mass is 10.1. The molecule has 2 heterocycles. The Morgan fingerprint density at radius 2 is 1.90 bits per heavy atom. The summed E-state index contributed by atoms with van der Waals surface area (Å²) in [7, 11) is -1.47. The SMILES string of the molecule is COC(=O)C1=C(C(=O)OC)N(c2cccc(S(=O)(=O)NC3=NCCC3)c2)C=CC=C1. The first-order valence-electron chi connectivity index (χ1n) is 9.08. The fraction of sp³-hybridized carbons (Fsp3) is 0.250. The number of allylic oxidation sites excluding steroid dienone is 2. The summed E-state index contributed by atoms with van der Waals surface area (Å²) < 4.78 is 37.6. The molecule has 3 rings (SSSR count). The van der Waals surface area contributed by atoms with Crippen LogP contribution < -0.4 is 9.62 Å². The molecule has 0 spiro atoms. The summed E-state index contributed by atoms with van der Waals surface area (Å²) in [6, 6.07) is 5.98. The molecule has 158 valence electrons. The van der Waals surface area contributed by atoms with E-state index in [2.05, 4.69) is 9.71 Å². The number of amidine groups is 1. The average molecular weight is 431 g/mol. The number of anilines is 1. The van der Waals surface area contributed by atoms with Crippen LogP contribution in [-0.4, -0.2) is 47.0 Å². The third-order valence-electron chi connectivity index (χ3n) is 4.42.